The number of aromatic nitrogens is 1. The van der Waals surface area contributed by atoms with Crippen molar-refractivity contribution in [1.82, 2.24) is 4.57 Å². The van der Waals surface area contributed by atoms with Crippen LogP contribution in [0.25, 0.3) is 10.2 Å². The monoisotopic (exact) mass is 471 g/mol. The van der Waals surface area contributed by atoms with Gasteiger partial charge < -0.3 is 4.57 Å². The lowest BCUT2D eigenvalue weighted by Crippen LogP contribution is -2.14. The van der Waals surface area contributed by atoms with Crippen LogP contribution < -0.4 is 9.52 Å². The van der Waals surface area contributed by atoms with Gasteiger partial charge in [0.2, 0.25) is 0 Å². The molecule has 0 saturated carbocycles. The van der Waals surface area contributed by atoms with Crippen LogP contribution in [0.2, 0.25) is 5.02 Å². The highest BCUT2D eigenvalue weighted by Crippen LogP contribution is 2.21. The zero-order valence-electron chi connectivity index (χ0n) is 16.7. The van der Waals surface area contributed by atoms with E-state index in [4.69, 9.17) is 11.6 Å². The molecular weight excluding hydrogens is 454 g/mol. The minimum absolute atomic E-state index is 0.172. The molecule has 0 radical (unpaired) electrons. The lowest BCUT2D eigenvalue weighted by Gasteiger charge is -2.08. The van der Waals surface area contributed by atoms with E-state index >= 15 is 0 Å². The Morgan fingerprint density at radius 2 is 1.71 bits per heavy atom. The number of fused-ring (bicyclic) bond motifs is 1. The second-order valence-corrected chi connectivity index (χ2v) is 10.1. The number of anilines is 1. The number of aryl methyl sites for hydroxylation is 2. The van der Waals surface area contributed by atoms with Crippen LogP contribution in [0.5, 0.6) is 0 Å². The number of halogens is 1. The Labute approximate surface area is 188 Å². The van der Waals surface area contributed by atoms with E-state index in [9.17, 15) is 13.2 Å². The van der Waals surface area contributed by atoms with E-state index in [1.807, 2.05) is 30.7 Å². The van der Waals surface area contributed by atoms with Gasteiger partial charge in [0.05, 0.1) is 15.1 Å². The number of nitrogens with one attached hydrogen (secondary N) is 1. The maximum absolute atomic E-state index is 12.6. The maximum atomic E-state index is 12.6. The van der Waals surface area contributed by atoms with E-state index in [1.54, 1.807) is 54.6 Å². The number of benzene rings is 3. The van der Waals surface area contributed by atoms with Gasteiger partial charge in [0.25, 0.3) is 15.9 Å². The van der Waals surface area contributed by atoms with E-state index in [0.29, 0.717) is 21.1 Å². The summed E-state index contributed by atoms with van der Waals surface area (Å²) in [5, 5.41) is 0.621. The van der Waals surface area contributed by atoms with Crippen LogP contribution in [-0.2, 0) is 17.1 Å². The maximum Gasteiger partial charge on any atom is 0.279 e. The summed E-state index contributed by atoms with van der Waals surface area (Å²) in [7, 11) is -1.87. The number of carbonyl (C=O) groups is 1. The number of carbonyl (C=O) groups excluding carboxylic acids is 1. The zero-order valence-corrected chi connectivity index (χ0v) is 19.1. The van der Waals surface area contributed by atoms with E-state index in [2.05, 4.69) is 9.71 Å². The molecule has 0 fully saturated rings. The van der Waals surface area contributed by atoms with E-state index in [1.165, 1.54) is 11.3 Å². The van der Waals surface area contributed by atoms with Crippen molar-refractivity contribution in [3.8, 4) is 0 Å². The van der Waals surface area contributed by atoms with Crippen LogP contribution in [-0.4, -0.2) is 18.9 Å². The quantitative estimate of drug-likeness (QED) is 0.466. The predicted octanol–water partition coefficient (Wildman–Crippen LogP) is 4.74. The molecule has 1 aromatic heterocycles. The second kappa shape index (κ2) is 8.30. The highest BCUT2D eigenvalue weighted by Gasteiger charge is 2.14. The normalized spacial score (nSPS) is 12.3. The van der Waals surface area contributed by atoms with Crippen molar-refractivity contribution in [2.24, 2.45) is 12.0 Å². The molecule has 1 N–H and O–H groups in total. The number of hydrogen-bond acceptors (Lipinski definition) is 4. The van der Waals surface area contributed by atoms with Gasteiger partial charge in [-0.1, -0.05) is 40.6 Å². The summed E-state index contributed by atoms with van der Waals surface area (Å²) < 4.78 is 30.3. The molecule has 31 heavy (non-hydrogen) atoms. The third-order valence-electron chi connectivity index (χ3n) is 4.68. The Morgan fingerprint density at radius 1 is 1.03 bits per heavy atom. The lowest BCUT2D eigenvalue weighted by atomic mass is 10.2. The number of amides is 1. The first-order valence-corrected chi connectivity index (χ1v) is 11.9. The van der Waals surface area contributed by atoms with Gasteiger partial charge in [-0.15, -0.1) is 0 Å². The summed E-state index contributed by atoms with van der Waals surface area (Å²) in [4.78, 5) is 17.6. The van der Waals surface area contributed by atoms with Crippen molar-refractivity contribution in [1.29, 1.82) is 0 Å². The van der Waals surface area contributed by atoms with Crippen LogP contribution in [0.4, 0.5) is 5.69 Å². The fraction of sp³-hybridized carbons (Fsp3) is 0.0909. The van der Waals surface area contributed by atoms with Gasteiger partial charge in [0, 0.05) is 23.3 Å². The van der Waals surface area contributed by atoms with Gasteiger partial charge in [-0.2, -0.15) is 4.99 Å². The standard InChI is InChI=1S/C22H18ClN3O3S2/c1-14-3-10-18(11-4-14)31(28,29)25-17-8-5-15(6-9-17)21(27)24-22-26(2)19-12-7-16(23)13-20(19)30-22/h3-13,25H,1-2H3. The fourth-order valence-electron chi connectivity index (χ4n) is 2.98. The van der Waals surface area contributed by atoms with Crippen molar-refractivity contribution >= 4 is 54.8 Å². The molecule has 0 spiro atoms. The summed E-state index contributed by atoms with van der Waals surface area (Å²) >= 11 is 7.41. The smallest absolute Gasteiger partial charge is 0.279 e. The molecule has 0 atom stereocenters. The minimum Gasteiger partial charge on any atom is -0.319 e. The van der Waals surface area contributed by atoms with Crippen LogP contribution in [0.3, 0.4) is 0 Å². The molecule has 0 saturated heterocycles. The van der Waals surface area contributed by atoms with Gasteiger partial charge >= 0.3 is 0 Å². The van der Waals surface area contributed by atoms with E-state index in [-0.39, 0.29) is 4.90 Å². The SMILES string of the molecule is Cc1ccc(S(=O)(=O)Nc2ccc(C(=O)N=c3sc4cc(Cl)ccc4n3C)cc2)cc1. The molecule has 3 aromatic carbocycles. The molecule has 158 valence electrons. The molecule has 0 aliphatic rings. The first-order valence-electron chi connectivity index (χ1n) is 9.27. The first kappa shape index (κ1) is 21.3. The average molecular weight is 472 g/mol. The first-order chi connectivity index (χ1) is 14.7. The molecule has 0 aliphatic carbocycles. The van der Waals surface area contributed by atoms with Gasteiger partial charge in [-0.25, -0.2) is 8.42 Å². The minimum atomic E-state index is -3.71. The van der Waals surface area contributed by atoms with Crippen LogP contribution in [0.15, 0.2) is 76.6 Å². The van der Waals surface area contributed by atoms with Gasteiger partial charge in [-0.05, 0) is 61.5 Å². The molecule has 4 rings (SSSR count). The van der Waals surface area contributed by atoms with E-state index < -0.39 is 15.9 Å². The van der Waals surface area contributed by atoms with Crippen molar-refractivity contribution < 1.29 is 13.2 Å². The lowest BCUT2D eigenvalue weighted by molar-refractivity contribution is 0.0998. The molecule has 1 amide bonds. The Kier molecular flexibility index (Phi) is 5.70. The third-order valence-corrected chi connectivity index (χ3v) is 7.41. The summed E-state index contributed by atoms with van der Waals surface area (Å²) in [6, 6.07) is 18.2. The van der Waals surface area contributed by atoms with Crippen molar-refractivity contribution in [2.45, 2.75) is 11.8 Å². The fourth-order valence-corrected chi connectivity index (χ4v) is 5.33. The van der Waals surface area contributed by atoms with Crippen molar-refractivity contribution in [3.63, 3.8) is 0 Å². The Bertz CT molecular complexity index is 1450. The molecular formula is C22H18ClN3O3S2. The van der Waals surface area contributed by atoms with Crippen LogP contribution in [0, 0.1) is 6.92 Å². The summed E-state index contributed by atoms with van der Waals surface area (Å²) in [5.41, 5.74) is 2.62. The average Bonchev–Trinajstić information content (AvgIpc) is 3.03. The van der Waals surface area contributed by atoms with Crippen molar-refractivity contribution in [3.05, 3.63) is 87.7 Å². The molecule has 0 aliphatic heterocycles. The largest absolute Gasteiger partial charge is 0.319 e. The molecule has 1 heterocycles. The second-order valence-electron chi connectivity index (χ2n) is 6.97. The zero-order chi connectivity index (χ0) is 22.2. The number of nitrogens with zero attached hydrogens (tertiary/aromatic N) is 2. The Balaban J connectivity index is 1.57. The van der Waals surface area contributed by atoms with Gasteiger partial charge in [-0.3, -0.25) is 9.52 Å². The number of rotatable bonds is 4. The topological polar surface area (TPSA) is 80.5 Å². The summed E-state index contributed by atoms with van der Waals surface area (Å²) in [5.74, 6) is -0.416. The van der Waals surface area contributed by atoms with Crippen molar-refractivity contribution in [2.75, 3.05) is 4.72 Å². The molecule has 6 nitrogen and oxygen atoms in total. The van der Waals surface area contributed by atoms with Crippen LogP contribution in [0.1, 0.15) is 15.9 Å². The van der Waals surface area contributed by atoms with Gasteiger partial charge in [0.15, 0.2) is 4.80 Å². The molecule has 0 unspecified atom stereocenters. The van der Waals surface area contributed by atoms with E-state index in [0.717, 1.165) is 15.8 Å². The van der Waals surface area contributed by atoms with Gasteiger partial charge in [0.1, 0.15) is 0 Å². The summed E-state index contributed by atoms with van der Waals surface area (Å²) in [6.07, 6.45) is 0. The molecule has 9 heteroatoms. The Hall–Kier alpha value is -2.94. The number of thiazole rings is 1. The van der Waals surface area contributed by atoms with Crippen LogP contribution >= 0.6 is 22.9 Å². The predicted molar refractivity (Wildman–Crippen MR) is 124 cm³/mol. The third kappa shape index (κ3) is 4.56. The highest BCUT2D eigenvalue weighted by molar-refractivity contribution is 7.92. The highest BCUT2D eigenvalue weighted by atomic mass is 35.5. The molecule has 4 aromatic rings. The Morgan fingerprint density at radius 3 is 2.39 bits per heavy atom. The molecule has 0 bridgehead atoms. The number of sulfonamides is 1. The summed E-state index contributed by atoms with van der Waals surface area (Å²) in [6.45, 7) is 1.89. The number of hydrogen-bond donors (Lipinski definition) is 1.